The lowest BCUT2D eigenvalue weighted by molar-refractivity contribution is -0.120. The van der Waals surface area contributed by atoms with E-state index in [4.69, 9.17) is 10.5 Å². The average Bonchev–Trinajstić information content (AvgIpc) is 2.85. The summed E-state index contributed by atoms with van der Waals surface area (Å²) >= 11 is 1.41. The normalized spacial score (nSPS) is 10.2. The Morgan fingerprint density at radius 1 is 1.45 bits per heavy atom. The maximum Gasteiger partial charge on any atom is 0.224 e. The van der Waals surface area contributed by atoms with Gasteiger partial charge in [0.05, 0.1) is 19.2 Å². The number of nitrogen functional groups attached to an aromatic ring is 1. The third-order valence-electron chi connectivity index (χ3n) is 2.82. The SMILES string of the molecule is COc1ccccc1CC(=O)NCCc1csc(N)n1. The number of methoxy groups -OCH3 is 1. The Bertz CT molecular complexity index is 583. The van der Waals surface area contributed by atoms with Crippen molar-refractivity contribution in [3.63, 3.8) is 0 Å². The van der Waals surface area contributed by atoms with Crippen LogP contribution in [0.15, 0.2) is 29.6 Å². The number of hydrogen-bond donors (Lipinski definition) is 2. The summed E-state index contributed by atoms with van der Waals surface area (Å²) in [6.07, 6.45) is 0.995. The van der Waals surface area contributed by atoms with Gasteiger partial charge in [-0.2, -0.15) is 0 Å². The zero-order chi connectivity index (χ0) is 14.4. The van der Waals surface area contributed by atoms with E-state index in [9.17, 15) is 4.79 Å². The molecule has 0 bridgehead atoms. The third kappa shape index (κ3) is 3.96. The first-order valence-electron chi connectivity index (χ1n) is 6.27. The fourth-order valence-corrected chi connectivity index (χ4v) is 2.45. The summed E-state index contributed by atoms with van der Waals surface area (Å²) in [6.45, 7) is 0.553. The Labute approximate surface area is 121 Å². The summed E-state index contributed by atoms with van der Waals surface area (Å²) in [4.78, 5) is 16.0. The summed E-state index contributed by atoms with van der Waals surface area (Å²) in [5.74, 6) is 0.702. The molecule has 106 valence electrons. The molecule has 0 saturated heterocycles. The number of thiazole rings is 1. The number of para-hydroxylation sites is 1. The van der Waals surface area contributed by atoms with Crippen LogP contribution in [0.25, 0.3) is 0 Å². The highest BCUT2D eigenvalue weighted by Gasteiger charge is 2.08. The fourth-order valence-electron chi connectivity index (χ4n) is 1.85. The van der Waals surface area contributed by atoms with Gasteiger partial charge >= 0.3 is 0 Å². The van der Waals surface area contributed by atoms with Gasteiger partial charge in [0.2, 0.25) is 5.91 Å². The number of rotatable bonds is 6. The quantitative estimate of drug-likeness (QED) is 0.848. The van der Waals surface area contributed by atoms with Gasteiger partial charge in [0.25, 0.3) is 0 Å². The molecule has 0 atom stereocenters. The molecule has 0 fully saturated rings. The molecule has 0 aliphatic carbocycles. The highest BCUT2D eigenvalue weighted by molar-refractivity contribution is 7.13. The standard InChI is InChI=1S/C14H17N3O2S/c1-19-12-5-3-2-4-10(12)8-13(18)16-7-6-11-9-20-14(15)17-11/h2-5,9H,6-8H2,1H3,(H2,15,17)(H,16,18). The Morgan fingerprint density at radius 3 is 2.95 bits per heavy atom. The minimum atomic E-state index is -0.0299. The van der Waals surface area contributed by atoms with Crippen LogP contribution >= 0.6 is 11.3 Å². The molecule has 3 N–H and O–H groups in total. The summed E-state index contributed by atoms with van der Waals surface area (Å²) < 4.78 is 5.22. The maximum absolute atomic E-state index is 11.9. The highest BCUT2D eigenvalue weighted by Crippen LogP contribution is 2.17. The van der Waals surface area contributed by atoms with Crippen LogP contribution in [0.2, 0.25) is 0 Å². The summed E-state index contributed by atoms with van der Waals surface area (Å²) in [7, 11) is 1.60. The predicted molar refractivity (Wildman–Crippen MR) is 79.9 cm³/mol. The van der Waals surface area contributed by atoms with Gasteiger partial charge in [-0.3, -0.25) is 4.79 Å². The zero-order valence-electron chi connectivity index (χ0n) is 11.3. The molecular formula is C14H17N3O2S. The molecule has 0 aliphatic heterocycles. The lowest BCUT2D eigenvalue weighted by Crippen LogP contribution is -2.27. The van der Waals surface area contributed by atoms with Crippen LogP contribution in [0.1, 0.15) is 11.3 Å². The highest BCUT2D eigenvalue weighted by atomic mass is 32.1. The predicted octanol–water partition coefficient (Wildman–Crippen LogP) is 1.64. The molecule has 1 aromatic carbocycles. The molecule has 0 saturated carbocycles. The van der Waals surface area contributed by atoms with Crippen LogP contribution in [0.5, 0.6) is 5.75 Å². The van der Waals surface area contributed by atoms with E-state index in [1.165, 1.54) is 11.3 Å². The first-order valence-corrected chi connectivity index (χ1v) is 7.15. The molecule has 1 amide bonds. The Morgan fingerprint density at radius 2 is 2.25 bits per heavy atom. The van der Waals surface area contributed by atoms with Crippen LogP contribution in [0.4, 0.5) is 5.13 Å². The smallest absolute Gasteiger partial charge is 0.224 e. The van der Waals surface area contributed by atoms with Gasteiger partial charge in [0, 0.05) is 23.9 Å². The zero-order valence-corrected chi connectivity index (χ0v) is 12.1. The van der Waals surface area contributed by atoms with Crippen LogP contribution in [-0.4, -0.2) is 24.5 Å². The van der Waals surface area contributed by atoms with Crippen LogP contribution < -0.4 is 15.8 Å². The molecule has 0 spiro atoms. The minimum Gasteiger partial charge on any atom is -0.496 e. The number of nitrogens with one attached hydrogen (secondary N) is 1. The van der Waals surface area contributed by atoms with Gasteiger partial charge in [-0.05, 0) is 6.07 Å². The lowest BCUT2D eigenvalue weighted by atomic mass is 10.1. The van der Waals surface area contributed by atoms with E-state index in [-0.39, 0.29) is 5.91 Å². The number of hydrogen-bond acceptors (Lipinski definition) is 5. The molecule has 1 aromatic heterocycles. The summed E-state index contributed by atoms with van der Waals surface area (Å²) in [5, 5.41) is 5.33. The van der Waals surface area contributed by atoms with Crippen molar-refractivity contribution in [2.24, 2.45) is 0 Å². The van der Waals surface area contributed by atoms with Gasteiger partial charge in [-0.15, -0.1) is 11.3 Å². The fraction of sp³-hybridized carbons (Fsp3) is 0.286. The molecule has 2 aromatic rings. The Hall–Kier alpha value is -2.08. The van der Waals surface area contributed by atoms with Crippen molar-refractivity contribution in [3.8, 4) is 5.75 Å². The summed E-state index contributed by atoms with van der Waals surface area (Å²) in [5.41, 5.74) is 7.34. The van der Waals surface area contributed by atoms with Crippen molar-refractivity contribution in [1.82, 2.24) is 10.3 Å². The lowest BCUT2D eigenvalue weighted by Gasteiger charge is -2.08. The van der Waals surface area contributed by atoms with E-state index in [1.54, 1.807) is 7.11 Å². The second kappa shape index (κ2) is 6.91. The van der Waals surface area contributed by atoms with Gasteiger partial charge in [0.15, 0.2) is 5.13 Å². The van der Waals surface area contributed by atoms with Gasteiger partial charge in [-0.1, -0.05) is 18.2 Å². The molecule has 2 rings (SSSR count). The topological polar surface area (TPSA) is 77.2 Å². The van der Waals surface area contributed by atoms with Crippen LogP contribution in [0.3, 0.4) is 0 Å². The molecule has 6 heteroatoms. The van der Waals surface area contributed by atoms with Gasteiger partial charge in [-0.25, -0.2) is 4.98 Å². The number of nitrogens with two attached hydrogens (primary N) is 1. The largest absolute Gasteiger partial charge is 0.496 e. The second-order valence-corrected chi connectivity index (χ2v) is 5.16. The number of ether oxygens (including phenoxy) is 1. The third-order valence-corrected chi connectivity index (χ3v) is 3.54. The molecular weight excluding hydrogens is 274 g/mol. The van der Waals surface area contributed by atoms with E-state index in [1.807, 2.05) is 29.6 Å². The van der Waals surface area contributed by atoms with Crippen molar-refractivity contribution in [3.05, 3.63) is 40.9 Å². The van der Waals surface area contributed by atoms with E-state index in [0.717, 1.165) is 17.0 Å². The number of amides is 1. The van der Waals surface area contributed by atoms with Crippen molar-refractivity contribution in [1.29, 1.82) is 0 Å². The Kier molecular flexibility index (Phi) is 4.95. The van der Waals surface area contributed by atoms with Gasteiger partial charge in [0.1, 0.15) is 5.75 Å². The molecule has 0 aliphatic rings. The molecule has 5 nitrogen and oxygen atoms in total. The monoisotopic (exact) mass is 291 g/mol. The maximum atomic E-state index is 11.9. The van der Waals surface area contributed by atoms with Crippen LogP contribution in [0, 0.1) is 0 Å². The van der Waals surface area contributed by atoms with Crippen molar-refractivity contribution >= 4 is 22.4 Å². The molecule has 20 heavy (non-hydrogen) atoms. The molecule has 0 radical (unpaired) electrons. The molecule has 0 unspecified atom stereocenters. The summed E-state index contributed by atoms with van der Waals surface area (Å²) in [6, 6.07) is 7.51. The number of anilines is 1. The number of aromatic nitrogens is 1. The first-order chi connectivity index (χ1) is 9.69. The van der Waals surface area contributed by atoms with Crippen LogP contribution in [-0.2, 0) is 17.6 Å². The number of carbonyl (C=O) groups excluding carboxylic acids is 1. The second-order valence-electron chi connectivity index (χ2n) is 4.27. The van der Waals surface area contributed by atoms with E-state index < -0.39 is 0 Å². The first kappa shape index (κ1) is 14.3. The molecule has 1 heterocycles. The van der Waals surface area contributed by atoms with Gasteiger partial charge < -0.3 is 15.8 Å². The van der Waals surface area contributed by atoms with E-state index >= 15 is 0 Å². The van der Waals surface area contributed by atoms with E-state index in [0.29, 0.717) is 24.5 Å². The average molecular weight is 291 g/mol. The number of benzene rings is 1. The Balaban J connectivity index is 1.80. The minimum absolute atomic E-state index is 0.0299. The van der Waals surface area contributed by atoms with Crippen molar-refractivity contribution in [2.75, 3.05) is 19.4 Å². The number of nitrogens with zero attached hydrogens (tertiary/aromatic N) is 1. The van der Waals surface area contributed by atoms with Crippen molar-refractivity contribution in [2.45, 2.75) is 12.8 Å². The van der Waals surface area contributed by atoms with Crippen molar-refractivity contribution < 1.29 is 9.53 Å². The number of carbonyl (C=O) groups is 1. The van der Waals surface area contributed by atoms with E-state index in [2.05, 4.69) is 10.3 Å².